The van der Waals surface area contributed by atoms with Crippen LogP contribution < -0.4 is 10.6 Å². The van der Waals surface area contributed by atoms with Gasteiger partial charge in [-0.1, -0.05) is 127 Å². The highest BCUT2D eigenvalue weighted by atomic mass is 16.7. The Morgan fingerprint density at radius 1 is 0.706 bits per heavy atom. The number of hydrogen-bond acceptors (Lipinski definition) is 5. The van der Waals surface area contributed by atoms with Crippen LogP contribution in [0.25, 0.3) is 21.5 Å². The van der Waals surface area contributed by atoms with Gasteiger partial charge in [0.05, 0.1) is 18.8 Å². The van der Waals surface area contributed by atoms with Gasteiger partial charge in [-0.15, -0.1) is 0 Å². The zero-order valence-electron chi connectivity index (χ0n) is 29.2. The third-order valence-corrected chi connectivity index (χ3v) is 9.82. The molecule has 0 aromatic heterocycles. The largest absolute Gasteiger partial charge is 0.392 e. The summed E-state index contributed by atoms with van der Waals surface area (Å²) in [7, 11) is 2.17. The molecule has 7 nitrogen and oxygen atoms in total. The summed E-state index contributed by atoms with van der Waals surface area (Å²) in [5.74, 6) is -0.102. The van der Waals surface area contributed by atoms with Crippen LogP contribution in [0.1, 0.15) is 58.6 Å². The molecule has 0 saturated carbocycles. The fraction of sp³-hybridized carbons (Fsp3) is 0.250. The maximum atomic E-state index is 12.0. The van der Waals surface area contributed by atoms with Crippen LogP contribution in [0.3, 0.4) is 0 Å². The van der Waals surface area contributed by atoms with E-state index in [2.05, 4.69) is 114 Å². The molecule has 2 amide bonds. The topological polar surface area (TPSA) is 83.1 Å². The van der Waals surface area contributed by atoms with Crippen molar-refractivity contribution in [2.75, 3.05) is 20.1 Å². The number of amides is 2. The summed E-state index contributed by atoms with van der Waals surface area (Å²) in [4.78, 5) is 14.4. The van der Waals surface area contributed by atoms with E-state index < -0.39 is 6.29 Å². The molecule has 7 heteroatoms. The molecule has 1 aliphatic rings. The third kappa shape index (κ3) is 7.82. The molecule has 0 radical (unpaired) electrons. The van der Waals surface area contributed by atoms with Crippen molar-refractivity contribution in [1.82, 2.24) is 15.5 Å². The normalized spacial score (nSPS) is 19.0. The van der Waals surface area contributed by atoms with Crippen LogP contribution in [-0.2, 0) is 29.2 Å². The molecule has 7 rings (SSSR count). The van der Waals surface area contributed by atoms with Crippen LogP contribution in [-0.4, -0.2) is 42.3 Å². The van der Waals surface area contributed by atoms with E-state index in [4.69, 9.17) is 9.47 Å². The summed E-state index contributed by atoms with van der Waals surface area (Å²) in [5, 5.41) is 20.4. The highest BCUT2D eigenvalue weighted by molar-refractivity contribution is 6.02. The predicted molar refractivity (Wildman–Crippen MR) is 203 cm³/mol. The van der Waals surface area contributed by atoms with Crippen LogP contribution >= 0.6 is 0 Å². The van der Waals surface area contributed by atoms with Crippen LogP contribution in [0.2, 0.25) is 0 Å². The van der Waals surface area contributed by atoms with Crippen LogP contribution in [0.4, 0.5) is 4.79 Å². The molecule has 0 bridgehead atoms. The van der Waals surface area contributed by atoms with Gasteiger partial charge < -0.3 is 25.2 Å². The minimum atomic E-state index is -0.616. The Hall–Kier alpha value is -5.05. The second kappa shape index (κ2) is 15.9. The zero-order valence-corrected chi connectivity index (χ0v) is 29.2. The molecule has 0 spiro atoms. The van der Waals surface area contributed by atoms with Crippen LogP contribution in [0.5, 0.6) is 0 Å². The second-order valence-electron chi connectivity index (χ2n) is 13.3. The number of carbonyl (C=O) groups is 1. The number of ether oxygens (including phenoxy) is 2. The van der Waals surface area contributed by atoms with E-state index in [1.54, 1.807) is 0 Å². The SMILES string of the molecule is CCNC(=O)NCc1ccc(C2OC(CN(C)Cc3c4ccccc4cc4ccccc34)C(c3ccccc3)C(c3ccc(CO)cc3)O2)cc1. The first-order valence-electron chi connectivity index (χ1n) is 17.7. The van der Waals surface area contributed by atoms with Gasteiger partial charge >= 0.3 is 6.03 Å². The lowest BCUT2D eigenvalue weighted by Gasteiger charge is -2.44. The van der Waals surface area contributed by atoms with Gasteiger partial charge in [0.25, 0.3) is 0 Å². The lowest BCUT2D eigenvalue weighted by Crippen LogP contribution is -2.43. The van der Waals surface area contributed by atoms with Gasteiger partial charge in [0.2, 0.25) is 0 Å². The van der Waals surface area contributed by atoms with Crippen LogP contribution in [0.15, 0.2) is 133 Å². The molecule has 1 fully saturated rings. The molecule has 1 saturated heterocycles. The van der Waals surface area contributed by atoms with Crippen molar-refractivity contribution in [3.8, 4) is 0 Å². The maximum Gasteiger partial charge on any atom is 0.315 e. The van der Waals surface area contributed by atoms with Crippen molar-refractivity contribution in [3.05, 3.63) is 167 Å². The molecule has 51 heavy (non-hydrogen) atoms. The van der Waals surface area contributed by atoms with Crippen molar-refractivity contribution in [1.29, 1.82) is 0 Å². The number of aliphatic hydroxyl groups excluding tert-OH is 1. The quantitative estimate of drug-likeness (QED) is 0.120. The molecule has 6 aromatic rings. The number of hydrogen-bond donors (Lipinski definition) is 3. The number of nitrogens with zero attached hydrogens (tertiary/aromatic N) is 1. The molecule has 3 N–H and O–H groups in total. The molecule has 6 aromatic carbocycles. The lowest BCUT2D eigenvalue weighted by atomic mass is 9.83. The van der Waals surface area contributed by atoms with Crippen molar-refractivity contribution in [3.63, 3.8) is 0 Å². The Labute approximate surface area is 299 Å². The van der Waals surface area contributed by atoms with Crippen molar-refractivity contribution >= 4 is 27.6 Å². The number of nitrogens with one attached hydrogen (secondary N) is 2. The Morgan fingerprint density at radius 3 is 1.96 bits per heavy atom. The number of rotatable bonds is 11. The Balaban J connectivity index is 1.23. The van der Waals surface area contributed by atoms with E-state index in [0.717, 1.165) is 34.4 Å². The van der Waals surface area contributed by atoms with E-state index in [1.807, 2.05) is 49.4 Å². The molecular weight excluding hydrogens is 635 g/mol. The Bertz CT molecular complexity index is 2010. The van der Waals surface area contributed by atoms with Gasteiger partial charge in [-0.25, -0.2) is 4.79 Å². The first-order chi connectivity index (χ1) is 25.0. The second-order valence-corrected chi connectivity index (χ2v) is 13.3. The smallest absolute Gasteiger partial charge is 0.315 e. The molecule has 4 atom stereocenters. The average Bonchev–Trinajstić information content (AvgIpc) is 3.17. The van der Waals surface area contributed by atoms with Gasteiger partial charge in [-0.05, 0) is 69.4 Å². The summed E-state index contributed by atoms with van der Waals surface area (Å²) in [6.45, 7) is 4.28. The highest BCUT2D eigenvalue weighted by Crippen LogP contribution is 2.47. The van der Waals surface area contributed by atoms with E-state index in [9.17, 15) is 9.90 Å². The predicted octanol–water partition coefficient (Wildman–Crippen LogP) is 8.38. The fourth-order valence-corrected chi connectivity index (χ4v) is 7.28. The molecule has 4 unspecified atom stereocenters. The number of aliphatic hydroxyl groups is 1. The van der Waals surface area contributed by atoms with E-state index in [-0.39, 0.29) is 30.8 Å². The number of likely N-dealkylation sites (N-methyl/N-ethyl adjacent to an activating group) is 1. The molecule has 260 valence electrons. The van der Waals surface area contributed by atoms with E-state index in [1.165, 1.54) is 27.1 Å². The number of benzene rings is 6. The van der Waals surface area contributed by atoms with Crippen molar-refractivity contribution in [2.45, 2.75) is 51.0 Å². The summed E-state index contributed by atoms with van der Waals surface area (Å²) < 4.78 is 13.9. The molecular formula is C44H45N3O4. The summed E-state index contributed by atoms with van der Waals surface area (Å²) >= 11 is 0. The number of urea groups is 1. The van der Waals surface area contributed by atoms with Gasteiger partial charge in [-0.2, -0.15) is 0 Å². The van der Waals surface area contributed by atoms with Crippen molar-refractivity contribution in [2.24, 2.45) is 0 Å². The first kappa shape index (κ1) is 34.4. The fourth-order valence-electron chi connectivity index (χ4n) is 7.28. The van der Waals surface area contributed by atoms with E-state index in [0.29, 0.717) is 19.6 Å². The summed E-state index contributed by atoms with van der Waals surface area (Å²) in [5.41, 5.74) is 6.23. The van der Waals surface area contributed by atoms with Gasteiger partial charge in [0.15, 0.2) is 6.29 Å². The summed E-state index contributed by atoms with van der Waals surface area (Å²) in [6, 6.07) is 46.0. The average molecular weight is 680 g/mol. The molecule has 1 heterocycles. The Morgan fingerprint density at radius 2 is 1.31 bits per heavy atom. The Kier molecular flexibility index (Phi) is 10.7. The summed E-state index contributed by atoms with van der Waals surface area (Å²) in [6.07, 6.45) is -1.15. The minimum absolute atomic E-state index is 0.0166. The number of fused-ring (bicyclic) bond motifs is 2. The van der Waals surface area contributed by atoms with Gasteiger partial charge in [0.1, 0.15) is 0 Å². The molecule has 1 aliphatic heterocycles. The van der Waals surface area contributed by atoms with Crippen LogP contribution in [0, 0.1) is 0 Å². The number of carbonyl (C=O) groups excluding carboxylic acids is 1. The highest BCUT2D eigenvalue weighted by Gasteiger charge is 2.42. The zero-order chi connectivity index (χ0) is 35.2. The third-order valence-electron chi connectivity index (χ3n) is 9.82. The molecule has 0 aliphatic carbocycles. The lowest BCUT2D eigenvalue weighted by molar-refractivity contribution is -0.263. The first-order valence-corrected chi connectivity index (χ1v) is 17.7. The van der Waals surface area contributed by atoms with Gasteiger partial charge in [0, 0.05) is 37.7 Å². The minimum Gasteiger partial charge on any atom is -0.392 e. The standard InChI is InChI=1S/C44H45N3O4/c1-3-45-44(49)46-26-30-17-23-34(24-18-30)43-50-40(41(32-11-5-4-6-12-32)42(51-43)33-21-19-31(29-48)20-22-33)28-47(2)27-39-37-15-9-7-13-35(37)25-36-14-8-10-16-38(36)39/h4-25,40-43,48H,3,26-29H2,1-2H3,(H2,45,46,49). The maximum absolute atomic E-state index is 12.0. The van der Waals surface area contributed by atoms with Gasteiger partial charge in [-0.3, -0.25) is 4.90 Å². The van der Waals surface area contributed by atoms with E-state index >= 15 is 0 Å². The monoisotopic (exact) mass is 679 g/mol. The van der Waals surface area contributed by atoms with Crippen molar-refractivity contribution < 1.29 is 19.4 Å².